The van der Waals surface area contributed by atoms with Crippen LogP contribution in [0, 0.1) is 5.92 Å². The lowest BCUT2D eigenvalue weighted by atomic mass is 9.97. The van der Waals surface area contributed by atoms with Crippen molar-refractivity contribution in [3.8, 4) is 0 Å². The Bertz CT molecular complexity index is 890. The van der Waals surface area contributed by atoms with E-state index < -0.39 is 0 Å². The number of hydrogen-bond acceptors (Lipinski definition) is 8. The molecule has 1 saturated heterocycles. The largest absolute Gasteiger partial charge is 0.340 e. The Morgan fingerprint density at radius 2 is 2.07 bits per heavy atom. The van der Waals surface area contributed by atoms with Gasteiger partial charge < -0.3 is 10.2 Å². The minimum Gasteiger partial charge on any atom is -0.340 e. The van der Waals surface area contributed by atoms with Crippen molar-refractivity contribution in [2.75, 3.05) is 23.3 Å². The van der Waals surface area contributed by atoms with E-state index in [0.717, 1.165) is 34.3 Å². The molecule has 9 heteroatoms. The number of anilines is 2. The quantitative estimate of drug-likeness (QED) is 0.706. The highest BCUT2D eigenvalue weighted by Crippen LogP contribution is 2.34. The van der Waals surface area contributed by atoms with Crippen LogP contribution < -0.4 is 10.2 Å². The van der Waals surface area contributed by atoms with Gasteiger partial charge in [-0.2, -0.15) is 0 Å². The summed E-state index contributed by atoms with van der Waals surface area (Å²) in [6.07, 6.45) is 5.26. The Morgan fingerprint density at radius 1 is 1.22 bits per heavy atom. The summed E-state index contributed by atoms with van der Waals surface area (Å²) in [7, 11) is 0. The summed E-state index contributed by atoms with van der Waals surface area (Å²) in [5.41, 5.74) is 2.50. The van der Waals surface area contributed by atoms with Gasteiger partial charge in [0.2, 0.25) is 11.9 Å². The second-order valence-corrected chi connectivity index (χ2v) is 8.25. The Labute approximate surface area is 165 Å². The third kappa shape index (κ3) is 4.42. The van der Waals surface area contributed by atoms with Crippen molar-refractivity contribution < 1.29 is 4.79 Å². The van der Waals surface area contributed by atoms with E-state index in [1.165, 1.54) is 23.1 Å². The SMILES string of the molecule is O=C(Nc1ccccc1Sc1nncs1)C1CCCN(c2ncccn2)C1. The summed E-state index contributed by atoms with van der Waals surface area (Å²) in [4.78, 5) is 24.5. The molecule has 1 atom stereocenters. The standard InChI is InChI=1S/C18H18N6OS2/c25-16(13-5-3-10-24(11-13)17-19-8-4-9-20-17)22-14-6-1-2-7-15(14)27-18-23-21-12-26-18/h1-2,4,6-9,12-13H,3,5,10-11H2,(H,22,25). The molecular weight excluding hydrogens is 380 g/mol. The Morgan fingerprint density at radius 3 is 2.89 bits per heavy atom. The summed E-state index contributed by atoms with van der Waals surface area (Å²) in [5, 5.41) is 11.0. The van der Waals surface area contributed by atoms with Crippen LogP contribution in [0.25, 0.3) is 0 Å². The number of para-hydroxylation sites is 1. The molecule has 4 rings (SSSR count). The van der Waals surface area contributed by atoms with Gasteiger partial charge in [-0.25, -0.2) is 9.97 Å². The maximum Gasteiger partial charge on any atom is 0.229 e. The number of piperidine rings is 1. The Hall–Kier alpha value is -2.52. The van der Waals surface area contributed by atoms with Gasteiger partial charge in [0.1, 0.15) is 5.51 Å². The minimum atomic E-state index is -0.0952. The number of hydrogen-bond donors (Lipinski definition) is 1. The van der Waals surface area contributed by atoms with Gasteiger partial charge in [0.05, 0.1) is 11.6 Å². The first kappa shape index (κ1) is 17.9. The number of aromatic nitrogens is 4. The molecule has 0 radical (unpaired) electrons. The fourth-order valence-electron chi connectivity index (χ4n) is 3.02. The van der Waals surface area contributed by atoms with Crippen LogP contribution in [0.5, 0.6) is 0 Å². The van der Waals surface area contributed by atoms with E-state index in [0.29, 0.717) is 12.5 Å². The molecule has 3 heterocycles. The van der Waals surface area contributed by atoms with Crippen LogP contribution in [0.3, 0.4) is 0 Å². The molecule has 0 bridgehead atoms. The van der Waals surface area contributed by atoms with Gasteiger partial charge in [-0.1, -0.05) is 35.2 Å². The molecule has 7 nitrogen and oxygen atoms in total. The van der Waals surface area contributed by atoms with Gasteiger partial charge in [0.15, 0.2) is 4.34 Å². The lowest BCUT2D eigenvalue weighted by Crippen LogP contribution is -2.41. The average Bonchev–Trinajstić information content (AvgIpc) is 3.23. The van der Waals surface area contributed by atoms with Crippen LogP contribution in [-0.2, 0) is 4.79 Å². The number of rotatable bonds is 5. The number of carbonyl (C=O) groups is 1. The zero-order chi connectivity index (χ0) is 18.5. The summed E-state index contributed by atoms with van der Waals surface area (Å²) >= 11 is 2.99. The second kappa shape index (κ2) is 8.45. The van der Waals surface area contributed by atoms with Crippen molar-refractivity contribution in [1.29, 1.82) is 0 Å². The van der Waals surface area contributed by atoms with Crippen LogP contribution in [0.4, 0.5) is 11.6 Å². The molecule has 0 aliphatic carbocycles. The first-order chi connectivity index (χ1) is 13.3. The molecule has 27 heavy (non-hydrogen) atoms. The number of nitrogens with one attached hydrogen (secondary N) is 1. The van der Waals surface area contributed by atoms with E-state index >= 15 is 0 Å². The number of nitrogens with zero attached hydrogens (tertiary/aromatic N) is 5. The molecule has 1 amide bonds. The van der Waals surface area contributed by atoms with E-state index in [9.17, 15) is 4.79 Å². The summed E-state index contributed by atoms with van der Waals surface area (Å²) < 4.78 is 0.849. The van der Waals surface area contributed by atoms with Crippen molar-refractivity contribution >= 4 is 40.6 Å². The molecule has 2 aromatic heterocycles. The smallest absolute Gasteiger partial charge is 0.229 e. The van der Waals surface area contributed by atoms with E-state index in [1.807, 2.05) is 24.3 Å². The second-order valence-electron chi connectivity index (χ2n) is 6.13. The van der Waals surface area contributed by atoms with E-state index in [4.69, 9.17) is 0 Å². The van der Waals surface area contributed by atoms with E-state index in [1.54, 1.807) is 24.0 Å². The van der Waals surface area contributed by atoms with Gasteiger partial charge in [0, 0.05) is 30.4 Å². The molecular formula is C18H18N6OS2. The highest BCUT2D eigenvalue weighted by molar-refractivity contribution is 8.01. The zero-order valence-corrected chi connectivity index (χ0v) is 16.1. The Kier molecular flexibility index (Phi) is 5.59. The molecule has 1 fully saturated rings. The van der Waals surface area contributed by atoms with Crippen LogP contribution in [0.1, 0.15) is 12.8 Å². The molecule has 1 aliphatic heterocycles. The van der Waals surface area contributed by atoms with Crippen molar-refractivity contribution in [1.82, 2.24) is 20.2 Å². The monoisotopic (exact) mass is 398 g/mol. The highest BCUT2D eigenvalue weighted by Gasteiger charge is 2.27. The summed E-state index contributed by atoms with van der Waals surface area (Å²) in [6.45, 7) is 1.50. The summed E-state index contributed by atoms with van der Waals surface area (Å²) in [5.74, 6) is 0.616. The maximum absolute atomic E-state index is 12.9. The van der Waals surface area contributed by atoms with Gasteiger partial charge in [-0.15, -0.1) is 10.2 Å². The molecule has 0 saturated carbocycles. The minimum absolute atomic E-state index is 0.0287. The van der Waals surface area contributed by atoms with Crippen LogP contribution in [0.2, 0.25) is 0 Å². The zero-order valence-electron chi connectivity index (χ0n) is 14.5. The molecule has 1 unspecified atom stereocenters. The van der Waals surface area contributed by atoms with Crippen LogP contribution in [0.15, 0.2) is 57.5 Å². The van der Waals surface area contributed by atoms with Crippen molar-refractivity contribution in [3.05, 3.63) is 48.2 Å². The number of benzene rings is 1. The number of amides is 1. The van der Waals surface area contributed by atoms with E-state index in [-0.39, 0.29) is 11.8 Å². The van der Waals surface area contributed by atoms with Crippen LogP contribution >= 0.6 is 23.1 Å². The van der Waals surface area contributed by atoms with Gasteiger partial charge in [-0.3, -0.25) is 4.79 Å². The van der Waals surface area contributed by atoms with Crippen LogP contribution in [-0.4, -0.2) is 39.2 Å². The fraction of sp³-hybridized carbons (Fsp3) is 0.278. The molecule has 138 valence electrons. The first-order valence-electron chi connectivity index (χ1n) is 8.65. The highest BCUT2D eigenvalue weighted by atomic mass is 32.2. The lowest BCUT2D eigenvalue weighted by molar-refractivity contribution is -0.120. The van der Waals surface area contributed by atoms with Crippen molar-refractivity contribution in [3.63, 3.8) is 0 Å². The molecule has 0 spiro atoms. The van der Waals surface area contributed by atoms with Crippen molar-refractivity contribution in [2.45, 2.75) is 22.1 Å². The topological polar surface area (TPSA) is 83.9 Å². The predicted octanol–water partition coefficient (Wildman–Crippen LogP) is 3.33. The van der Waals surface area contributed by atoms with Gasteiger partial charge in [-0.05, 0) is 31.0 Å². The number of carbonyl (C=O) groups excluding carboxylic acids is 1. The molecule has 1 N–H and O–H groups in total. The average molecular weight is 399 g/mol. The predicted molar refractivity (Wildman–Crippen MR) is 106 cm³/mol. The van der Waals surface area contributed by atoms with Gasteiger partial charge in [0.25, 0.3) is 0 Å². The first-order valence-corrected chi connectivity index (χ1v) is 10.3. The molecule has 1 aliphatic rings. The van der Waals surface area contributed by atoms with Gasteiger partial charge >= 0.3 is 0 Å². The summed E-state index contributed by atoms with van der Waals surface area (Å²) in [6, 6.07) is 9.57. The Balaban J connectivity index is 1.44. The van der Waals surface area contributed by atoms with Crippen molar-refractivity contribution in [2.24, 2.45) is 5.92 Å². The normalized spacial score (nSPS) is 16.9. The third-order valence-electron chi connectivity index (χ3n) is 4.31. The molecule has 1 aromatic carbocycles. The third-order valence-corrected chi connectivity index (χ3v) is 6.16. The maximum atomic E-state index is 12.9. The fourth-order valence-corrected chi connectivity index (χ4v) is 4.54. The molecule has 3 aromatic rings. The van der Waals surface area contributed by atoms with E-state index in [2.05, 4.69) is 30.4 Å². The lowest BCUT2D eigenvalue weighted by Gasteiger charge is -2.32.